The van der Waals surface area contributed by atoms with Crippen molar-refractivity contribution < 1.29 is 31.9 Å². The lowest BCUT2D eigenvalue weighted by Crippen LogP contribution is -2.54. The Morgan fingerprint density at radius 3 is 2.35 bits per heavy atom. The summed E-state index contributed by atoms with van der Waals surface area (Å²) in [5.74, 6) is -0.347. The highest BCUT2D eigenvalue weighted by atomic mass is 19.4. The van der Waals surface area contributed by atoms with Crippen LogP contribution in [-0.2, 0) is 15.7 Å². The third-order valence-electron chi connectivity index (χ3n) is 6.19. The number of hydrogen-bond donors (Lipinski definition) is 1. The molecule has 184 valence electrons. The SMILES string of the molecule is C[C@H](C(=O)Nc1cc(C(F)(F)F)ccc1N1CCOCC1)N1CCN(C(=O)c2ccco2)CC1. The van der Waals surface area contributed by atoms with Crippen LogP contribution in [-0.4, -0.2) is 80.1 Å². The number of anilines is 2. The third kappa shape index (κ3) is 5.36. The van der Waals surface area contributed by atoms with Crippen LogP contribution in [0.5, 0.6) is 0 Å². The molecule has 2 aliphatic heterocycles. The second-order valence-corrected chi connectivity index (χ2v) is 8.30. The largest absolute Gasteiger partial charge is 0.459 e. The number of alkyl halides is 3. The molecule has 0 saturated carbocycles. The van der Waals surface area contributed by atoms with Gasteiger partial charge in [0.05, 0.1) is 42.5 Å². The number of carbonyl (C=O) groups is 2. The number of hydrogen-bond acceptors (Lipinski definition) is 6. The Kier molecular flexibility index (Phi) is 7.13. The standard InChI is InChI=1S/C23H27F3N4O4/c1-16(28-6-8-30(9-7-28)22(32)20-3-2-12-34-20)21(31)27-18-15-17(23(24,25)26)4-5-19(18)29-10-13-33-14-11-29/h2-5,12,15-16H,6-11,13-14H2,1H3,(H,27,31)/t16-/m1/s1. The van der Waals surface area contributed by atoms with E-state index in [0.29, 0.717) is 58.2 Å². The molecular formula is C23H27F3N4O4. The van der Waals surface area contributed by atoms with Gasteiger partial charge in [-0.2, -0.15) is 13.2 Å². The number of amides is 2. The van der Waals surface area contributed by atoms with E-state index in [2.05, 4.69) is 5.32 Å². The Morgan fingerprint density at radius 2 is 1.74 bits per heavy atom. The molecule has 1 N–H and O–H groups in total. The number of ether oxygens (including phenoxy) is 1. The lowest BCUT2D eigenvalue weighted by atomic mass is 10.1. The van der Waals surface area contributed by atoms with Crippen molar-refractivity contribution in [3.05, 3.63) is 47.9 Å². The van der Waals surface area contributed by atoms with E-state index in [4.69, 9.17) is 9.15 Å². The van der Waals surface area contributed by atoms with Gasteiger partial charge in [-0.15, -0.1) is 0 Å². The van der Waals surface area contributed by atoms with E-state index in [9.17, 15) is 22.8 Å². The first kappa shape index (κ1) is 24.1. The quantitative estimate of drug-likeness (QED) is 0.709. The first-order chi connectivity index (χ1) is 16.2. The number of furan rings is 1. The zero-order valence-corrected chi connectivity index (χ0v) is 18.8. The second kappa shape index (κ2) is 10.1. The lowest BCUT2D eigenvalue weighted by molar-refractivity contribution is -0.137. The monoisotopic (exact) mass is 480 g/mol. The van der Waals surface area contributed by atoms with Crippen LogP contribution in [0.4, 0.5) is 24.5 Å². The van der Waals surface area contributed by atoms with Gasteiger partial charge in [0.1, 0.15) is 0 Å². The predicted octanol–water partition coefficient (Wildman–Crippen LogP) is 2.92. The summed E-state index contributed by atoms with van der Waals surface area (Å²) in [4.78, 5) is 30.9. The normalized spacial score (nSPS) is 18.6. The summed E-state index contributed by atoms with van der Waals surface area (Å²) in [5.41, 5.74) is -0.163. The minimum atomic E-state index is -4.52. The minimum absolute atomic E-state index is 0.125. The van der Waals surface area contributed by atoms with Gasteiger partial charge in [0.15, 0.2) is 5.76 Å². The third-order valence-corrected chi connectivity index (χ3v) is 6.19. The molecule has 0 aliphatic carbocycles. The van der Waals surface area contributed by atoms with Crippen LogP contribution in [0.25, 0.3) is 0 Å². The summed E-state index contributed by atoms with van der Waals surface area (Å²) in [7, 11) is 0. The van der Waals surface area contributed by atoms with Crippen molar-refractivity contribution in [2.75, 3.05) is 62.7 Å². The van der Waals surface area contributed by atoms with Crippen LogP contribution in [0.15, 0.2) is 41.0 Å². The zero-order chi connectivity index (χ0) is 24.3. The molecule has 1 aromatic carbocycles. The maximum Gasteiger partial charge on any atom is 0.416 e. The van der Waals surface area contributed by atoms with Crippen molar-refractivity contribution in [1.82, 2.24) is 9.80 Å². The molecule has 1 atom stereocenters. The zero-order valence-electron chi connectivity index (χ0n) is 18.8. The summed E-state index contributed by atoms with van der Waals surface area (Å²) < 4.78 is 50.5. The molecule has 0 radical (unpaired) electrons. The Morgan fingerprint density at radius 1 is 1.03 bits per heavy atom. The van der Waals surface area contributed by atoms with Crippen LogP contribution in [0.3, 0.4) is 0 Å². The molecule has 2 fully saturated rings. The van der Waals surface area contributed by atoms with E-state index in [1.54, 1.807) is 24.0 Å². The number of piperazine rings is 1. The summed E-state index contributed by atoms with van der Waals surface area (Å²) in [6.07, 6.45) is -3.08. The van der Waals surface area contributed by atoms with Gasteiger partial charge in [-0.1, -0.05) is 0 Å². The van der Waals surface area contributed by atoms with Crippen molar-refractivity contribution in [2.24, 2.45) is 0 Å². The number of morpholine rings is 1. The Balaban J connectivity index is 1.43. The molecule has 0 bridgehead atoms. The van der Waals surface area contributed by atoms with Crippen LogP contribution in [0, 0.1) is 0 Å². The summed E-state index contributed by atoms with van der Waals surface area (Å²) in [5, 5.41) is 2.72. The van der Waals surface area contributed by atoms with Crippen molar-refractivity contribution in [3.8, 4) is 0 Å². The summed E-state index contributed by atoms with van der Waals surface area (Å²) in [6, 6.07) is 6.07. The molecule has 1 aromatic heterocycles. The number of rotatable bonds is 5. The Labute approximate surface area is 195 Å². The van der Waals surface area contributed by atoms with Gasteiger partial charge in [0.25, 0.3) is 5.91 Å². The van der Waals surface area contributed by atoms with Gasteiger partial charge in [0, 0.05) is 39.3 Å². The number of carbonyl (C=O) groups excluding carboxylic acids is 2. The molecule has 8 nitrogen and oxygen atoms in total. The van der Waals surface area contributed by atoms with Crippen LogP contribution in [0.1, 0.15) is 23.0 Å². The molecule has 2 aliphatic rings. The smallest absolute Gasteiger partial charge is 0.416 e. The van der Waals surface area contributed by atoms with E-state index < -0.39 is 23.7 Å². The average molecular weight is 480 g/mol. The molecule has 4 rings (SSSR count). The highest BCUT2D eigenvalue weighted by molar-refractivity contribution is 5.98. The van der Waals surface area contributed by atoms with Crippen LogP contribution < -0.4 is 10.2 Å². The van der Waals surface area contributed by atoms with Crippen molar-refractivity contribution in [1.29, 1.82) is 0 Å². The van der Waals surface area contributed by atoms with E-state index >= 15 is 0 Å². The highest BCUT2D eigenvalue weighted by Gasteiger charge is 2.33. The lowest BCUT2D eigenvalue weighted by Gasteiger charge is -2.37. The van der Waals surface area contributed by atoms with Crippen molar-refractivity contribution >= 4 is 23.2 Å². The number of nitrogens with one attached hydrogen (secondary N) is 1. The molecule has 0 unspecified atom stereocenters. The fourth-order valence-electron chi connectivity index (χ4n) is 4.16. The van der Waals surface area contributed by atoms with Gasteiger partial charge in [0.2, 0.25) is 5.91 Å². The number of halogens is 3. The maximum absolute atomic E-state index is 13.3. The van der Waals surface area contributed by atoms with Gasteiger partial charge in [-0.3, -0.25) is 14.5 Å². The average Bonchev–Trinajstić information content (AvgIpc) is 3.38. The first-order valence-corrected chi connectivity index (χ1v) is 11.2. The second-order valence-electron chi connectivity index (χ2n) is 8.30. The van der Waals surface area contributed by atoms with E-state index in [0.717, 1.165) is 12.1 Å². The molecular weight excluding hydrogens is 453 g/mol. The first-order valence-electron chi connectivity index (χ1n) is 11.2. The van der Waals surface area contributed by atoms with Gasteiger partial charge >= 0.3 is 6.18 Å². The predicted molar refractivity (Wildman–Crippen MR) is 119 cm³/mol. The highest BCUT2D eigenvalue weighted by Crippen LogP contribution is 2.36. The van der Waals surface area contributed by atoms with E-state index in [1.165, 1.54) is 12.3 Å². The fraction of sp³-hybridized carbons (Fsp3) is 0.478. The van der Waals surface area contributed by atoms with E-state index in [1.807, 2.05) is 9.80 Å². The molecule has 34 heavy (non-hydrogen) atoms. The van der Waals surface area contributed by atoms with Gasteiger partial charge in [-0.05, 0) is 37.3 Å². The molecule has 3 heterocycles. The topological polar surface area (TPSA) is 78.3 Å². The maximum atomic E-state index is 13.3. The van der Waals surface area contributed by atoms with Crippen LogP contribution in [0.2, 0.25) is 0 Å². The minimum Gasteiger partial charge on any atom is -0.459 e. The molecule has 2 amide bonds. The summed E-state index contributed by atoms with van der Waals surface area (Å²) >= 11 is 0. The molecule has 11 heteroatoms. The van der Waals surface area contributed by atoms with Crippen molar-refractivity contribution in [2.45, 2.75) is 19.1 Å². The number of nitrogens with zero attached hydrogens (tertiary/aromatic N) is 3. The molecule has 2 saturated heterocycles. The fourth-order valence-corrected chi connectivity index (χ4v) is 4.16. The Bertz CT molecular complexity index is 998. The van der Waals surface area contributed by atoms with Crippen molar-refractivity contribution in [3.63, 3.8) is 0 Å². The van der Waals surface area contributed by atoms with E-state index in [-0.39, 0.29) is 17.4 Å². The number of benzene rings is 1. The van der Waals surface area contributed by atoms with Crippen LogP contribution >= 0.6 is 0 Å². The molecule has 0 spiro atoms. The Hall–Kier alpha value is -3.05. The van der Waals surface area contributed by atoms with Gasteiger partial charge < -0.3 is 24.3 Å². The molecule has 2 aromatic rings. The van der Waals surface area contributed by atoms with Gasteiger partial charge in [-0.25, -0.2) is 0 Å². The summed E-state index contributed by atoms with van der Waals surface area (Å²) in [6.45, 7) is 5.43.